The van der Waals surface area contributed by atoms with Gasteiger partial charge in [-0.3, -0.25) is 4.79 Å². The molecule has 2 aliphatic heterocycles. The van der Waals surface area contributed by atoms with E-state index in [0.29, 0.717) is 33.2 Å². The van der Waals surface area contributed by atoms with Gasteiger partial charge >= 0.3 is 17.4 Å². The number of carbonyl (C=O) groups is 2. The fourth-order valence-electron chi connectivity index (χ4n) is 8.98. The van der Waals surface area contributed by atoms with E-state index in [9.17, 15) is 9.59 Å². The summed E-state index contributed by atoms with van der Waals surface area (Å²) in [5, 5.41) is 2.26. The fraction of sp³-hybridized carbons (Fsp3) is 0.298. The lowest BCUT2D eigenvalue weighted by atomic mass is 9.89. The first kappa shape index (κ1) is 42.0. The van der Waals surface area contributed by atoms with Crippen LogP contribution in [0.5, 0.6) is 46.0 Å². The summed E-state index contributed by atoms with van der Waals surface area (Å²) in [6.45, 7) is 6.35. The van der Waals surface area contributed by atoms with Crippen LogP contribution in [-0.4, -0.2) is 81.7 Å². The quantitative estimate of drug-likeness (QED) is 0.101. The highest BCUT2D eigenvalue weighted by atomic mass is 28.4. The number of fused-ring (bicyclic) bond motifs is 4. The Labute approximate surface area is 358 Å². The van der Waals surface area contributed by atoms with E-state index in [1.54, 1.807) is 12.1 Å². The van der Waals surface area contributed by atoms with Crippen LogP contribution >= 0.6 is 0 Å². The van der Waals surface area contributed by atoms with Gasteiger partial charge in [0, 0.05) is 18.1 Å². The summed E-state index contributed by atoms with van der Waals surface area (Å²) in [5.74, 6) is -3.07. The molecule has 2 aliphatic rings. The zero-order valence-corrected chi connectivity index (χ0v) is 37.0. The van der Waals surface area contributed by atoms with Crippen molar-refractivity contribution in [1.82, 2.24) is 0 Å². The highest BCUT2D eigenvalue weighted by Crippen LogP contribution is 2.60. The number of Topliss-reactive ketones (excluding diaryl/α,β-unsaturated/α-hetero) is 1. The van der Waals surface area contributed by atoms with E-state index in [1.165, 1.54) is 55.8 Å². The van der Waals surface area contributed by atoms with E-state index < -0.39 is 42.6 Å². The molecule has 15 heteroatoms. The number of hydrogen-bond acceptors (Lipinski definition) is 14. The molecule has 0 N–H and O–H groups in total. The predicted octanol–water partition coefficient (Wildman–Crippen LogP) is 6.64. The largest absolute Gasteiger partial charge is 0.496 e. The van der Waals surface area contributed by atoms with Crippen molar-refractivity contribution in [2.45, 2.75) is 44.1 Å². The second-order valence-corrected chi connectivity index (χ2v) is 20.0. The molecule has 2 unspecified atom stereocenters. The number of hydrogen-bond donors (Lipinski definition) is 0. The molecule has 1 aromatic heterocycles. The minimum atomic E-state index is -3.52. The van der Waals surface area contributed by atoms with E-state index >= 15 is 4.79 Å². The first-order chi connectivity index (χ1) is 29.8. The summed E-state index contributed by atoms with van der Waals surface area (Å²) in [6, 6.07) is 24.6. The van der Waals surface area contributed by atoms with Crippen molar-refractivity contribution in [2.75, 3.05) is 49.8 Å². The van der Waals surface area contributed by atoms with Crippen molar-refractivity contribution in [2.24, 2.45) is 0 Å². The Morgan fingerprint density at radius 1 is 0.661 bits per heavy atom. The SMILES string of the molecule is COC(=O)c1cc2cc3c(c(OC)c2c(=O)o1)OC1(Oc2c(c(OC)c4c(OC)cc(OC)c(OC)c4c2OC)C1=O)C(O[Si](c1ccccc1)(c1ccccc1)C(C)(C)C)C3. The third kappa shape index (κ3) is 6.04. The van der Waals surface area contributed by atoms with Crippen molar-refractivity contribution in [3.05, 3.63) is 106 Å². The number of methoxy groups -OCH3 is 7. The topological polar surface area (TPSA) is 157 Å². The van der Waals surface area contributed by atoms with Gasteiger partial charge in [-0.15, -0.1) is 0 Å². The zero-order chi connectivity index (χ0) is 44.3. The Balaban J connectivity index is 1.47. The Morgan fingerprint density at radius 2 is 1.23 bits per heavy atom. The summed E-state index contributed by atoms with van der Waals surface area (Å²) < 4.78 is 67.8. The van der Waals surface area contributed by atoms with Gasteiger partial charge in [-0.05, 0) is 32.9 Å². The summed E-state index contributed by atoms with van der Waals surface area (Å²) in [4.78, 5) is 42.3. The molecule has 2 atom stereocenters. The second-order valence-electron chi connectivity index (χ2n) is 15.8. The van der Waals surface area contributed by atoms with Crippen LogP contribution in [0.25, 0.3) is 21.5 Å². The average Bonchev–Trinajstić information content (AvgIpc) is 3.56. The van der Waals surface area contributed by atoms with Gasteiger partial charge in [0.25, 0.3) is 14.1 Å². The molecular weight excluding hydrogens is 817 g/mol. The summed E-state index contributed by atoms with van der Waals surface area (Å²) in [7, 11) is 6.35. The maximum absolute atomic E-state index is 15.9. The molecule has 5 aromatic carbocycles. The normalized spacial score (nSPS) is 16.9. The Kier molecular flexibility index (Phi) is 10.6. The Bertz CT molecular complexity index is 2770. The van der Waals surface area contributed by atoms with Crippen LogP contribution in [0.1, 0.15) is 47.2 Å². The van der Waals surface area contributed by atoms with Gasteiger partial charge < -0.3 is 51.5 Å². The smallest absolute Gasteiger partial charge is 0.374 e. The number of ether oxygens (including phenoxy) is 9. The van der Waals surface area contributed by atoms with Crippen LogP contribution in [-0.2, 0) is 15.6 Å². The van der Waals surface area contributed by atoms with Crippen molar-refractivity contribution >= 4 is 52.0 Å². The maximum atomic E-state index is 15.9. The van der Waals surface area contributed by atoms with Crippen molar-refractivity contribution in [3.8, 4) is 46.0 Å². The van der Waals surface area contributed by atoms with Gasteiger partial charge in [0.2, 0.25) is 5.76 Å². The third-order valence-electron chi connectivity index (χ3n) is 11.6. The van der Waals surface area contributed by atoms with E-state index in [-0.39, 0.29) is 57.6 Å². The number of ketones is 1. The standard InChI is InChI=1S/C47H46O14Si/c1-46(2,3)62(27-17-13-11-14-18-27,28-19-15-12-16-20-28)61-32-23-26-21-25-22-31(44(49)57-10)58-45(50)33(25)40(55-8)37(26)59-47(32)43(48)36-39(54-7)34-29(51-4)24-30(52-5)38(53-6)35(34)41(56-9)42(36)60-47/h11-22,24,32H,23H2,1-10H3. The molecule has 0 amide bonds. The van der Waals surface area contributed by atoms with E-state index in [4.69, 9.17) is 51.5 Å². The van der Waals surface area contributed by atoms with Crippen LogP contribution in [0.2, 0.25) is 5.04 Å². The van der Waals surface area contributed by atoms with Gasteiger partial charge in [-0.25, -0.2) is 9.59 Å². The van der Waals surface area contributed by atoms with Gasteiger partial charge in [-0.2, -0.15) is 0 Å². The molecule has 6 aromatic rings. The third-order valence-corrected chi connectivity index (χ3v) is 16.7. The lowest BCUT2D eigenvalue weighted by Crippen LogP contribution is -2.72. The van der Waals surface area contributed by atoms with Gasteiger partial charge in [-0.1, -0.05) is 81.4 Å². The number of rotatable bonds is 11. The minimum absolute atomic E-state index is 0.00966. The number of carbonyl (C=O) groups excluding carboxylic acids is 2. The molecule has 14 nitrogen and oxygen atoms in total. The van der Waals surface area contributed by atoms with Crippen molar-refractivity contribution in [1.29, 1.82) is 0 Å². The van der Waals surface area contributed by atoms with E-state index in [2.05, 4.69) is 20.8 Å². The zero-order valence-electron chi connectivity index (χ0n) is 36.0. The first-order valence-corrected chi connectivity index (χ1v) is 21.6. The number of esters is 1. The van der Waals surface area contributed by atoms with E-state index in [0.717, 1.165) is 10.4 Å². The van der Waals surface area contributed by atoms with Gasteiger partial charge in [0.15, 0.2) is 34.5 Å². The van der Waals surface area contributed by atoms with Crippen molar-refractivity contribution in [3.63, 3.8) is 0 Å². The highest BCUT2D eigenvalue weighted by Gasteiger charge is 2.65. The molecule has 3 heterocycles. The lowest BCUT2D eigenvalue weighted by Gasteiger charge is -2.49. The molecule has 62 heavy (non-hydrogen) atoms. The molecule has 322 valence electrons. The molecule has 0 saturated heterocycles. The Morgan fingerprint density at radius 3 is 1.76 bits per heavy atom. The lowest BCUT2D eigenvalue weighted by molar-refractivity contribution is -0.146. The predicted molar refractivity (Wildman–Crippen MR) is 232 cm³/mol. The molecule has 0 aliphatic carbocycles. The molecular formula is C47H46O14Si. The minimum Gasteiger partial charge on any atom is -0.496 e. The van der Waals surface area contributed by atoms with Crippen LogP contribution in [0.4, 0.5) is 0 Å². The average molecular weight is 863 g/mol. The monoisotopic (exact) mass is 862 g/mol. The Hall–Kier alpha value is -6.71. The maximum Gasteiger partial charge on any atom is 0.374 e. The van der Waals surface area contributed by atoms with Crippen LogP contribution < -0.4 is 53.9 Å². The second kappa shape index (κ2) is 15.6. The van der Waals surface area contributed by atoms with Gasteiger partial charge in [0.05, 0.1) is 60.5 Å². The fourth-order valence-corrected chi connectivity index (χ4v) is 13.7. The van der Waals surface area contributed by atoms with Crippen LogP contribution in [0.15, 0.2) is 88.1 Å². The van der Waals surface area contributed by atoms with Crippen LogP contribution in [0, 0.1) is 0 Å². The van der Waals surface area contributed by atoms with Gasteiger partial charge in [0.1, 0.15) is 28.6 Å². The molecule has 0 saturated carbocycles. The highest BCUT2D eigenvalue weighted by molar-refractivity contribution is 6.99. The van der Waals surface area contributed by atoms with E-state index in [1.807, 2.05) is 60.7 Å². The summed E-state index contributed by atoms with van der Waals surface area (Å²) in [6.07, 6.45) is -1.22. The van der Waals surface area contributed by atoms with Crippen molar-refractivity contribution < 1.29 is 61.1 Å². The summed E-state index contributed by atoms with van der Waals surface area (Å²) in [5.41, 5.74) is -0.409. The molecule has 0 fully saturated rings. The molecule has 0 radical (unpaired) electrons. The molecule has 8 rings (SSSR count). The first-order valence-electron chi connectivity index (χ1n) is 19.7. The number of benzene rings is 5. The molecule has 0 bridgehead atoms. The summed E-state index contributed by atoms with van der Waals surface area (Å²) >= 11 is 0. The van der Waals surface area contributed by atoms with Crippen LogP contribution in [0.3, 0.4) is 0 Å². The molecule has 1 spiro atoms.